The lowest BCUT2D eigenvalue weighted by Crippen LogP contribution is -2.08. The number of hydrogen-bond acceptors (Lipinski definition) is 3. The largest absolute Gasteiger partial charge is 0.378 e. The van der Waals surface area contributed by atoms with E-state index in [1.165, 1.54) is 16.8 Å². The molecule has 3 nitrogen and oxygen atoms in total. The van der Waals surface area contributed by atoms with Crippen molar-refractivity contribution < 1.29 is 0 Å². The van der Waals surface area contributed by atoms with Crippen LogP contribution in [-0.2, 0) is 6.42 Å². The van der Waals surface area contributed by atoms with Gasteiger partial charge in [-0.2, -0.15) is 0 Å². The Balaban J connectivity index is 1.65. The molecule has 3 heteroatoms. The third-order valence-corrected chi connectivity index (χ3v) is 3.87. The van der Waals surface area contributed by atoms with Crippen molar-refractivity contribution in [2.24, 2.45) is 4.99 Å². The second-order valence-corrected chi connectivity index (χ2v) is 5.94. The van der Waals surface area contributed by atoms with E-state index in [9.17, 15) is 0 Å². The smallest absolute Gasteiger partial charge is 0.0630 e. The first-order chi connectivity index (χ1) is 11.7. The van der Waals surface area contributed by atoms with Gasteiger partial charge >= 0.3 is 0 Å². The zero-order valence-electron chi connectivity index (χ0n) is 14.1. The maximum Gasteiger partial charge on any atom is 0.0630 e. The minimum absolute atomic E-state index is 0.915. The number of pyridine rings is 1. The Bertz CT molecular complexity index is 789. The van der Waals surface area contributed by atoms with E-state index in [-0.39, 0.29) is 0 Å². The lowest BCUT2D eigenvalue weighted by atomic mass is 10.1. The van der Waals surface area contributed by atoms with Crippen LogP contribution in [0.5, 0.6) is 0 Å². The number of anilines is 1. The molecule has 0 bridgehead atoms. The van der Waals surface area contributed by atoms with Crippen molar-refractivity contribution in [3.63, 3.8) is 0 Å². The van der Waals surface area contributed by atoms with Crippen molar-refractivity contribution in [1.29, 1.82) is 0 Å². The molecule has 0 N–H and O–H groups in total. The molecule has 0 atom stereocenters. The molecule has 0 radical (unpaired) electrons. The average Bonchev–Trinajstić information content (AvgIpc) is 2.62. The molecule has 0 saturated heterocycles. The molecule has 0 aliphatic rings. The van der Waals surface area contributed by atoms with Crippen LogP contribution in [0.4, 0.5) is 11.4 Å². The van der Waals surface area contributed by atoms with Gasteiger partial charge in [-0.1, -0.05) is 24.3 Å². The Morgan fingerprint density at radius 2 is 1.46 bits per heavy atom. The highest BCUT2D eigenvalue weighted by atomic mass is 15.1. The Kier molecular flexibility index (Phi) is 5.02. The van der Waals surface area contributed by atoms with Gasteiger partial charge in [-0.3, -0.25) is 9.98 Å². The average molecular weight is 315 g/mol. The monoisotopic (exact) mass is 315 g/mol. The van der Waals surface area contributed by atoms with E-state index in [4.69, 9.17) is 0 Å². The van der Waals surface area contributed by atoms with Gasteiger partial charge in [0.25, 0.3) is 0 Å². The van der Waals surface area contributed by atoms with Gasteiger partial charge in [-0.25, -0.2) is 0 Å². The molecule has 0 aliphatic heterocycles. The van der Waals surface area contributed by atoms with Crippen LogP contribution in [0.3, 0.4) is 0 Å². The molecule has 0 aliphatic carbocycles. The standard InChI is InChI=1S/C21H21N3/c1-24(2)21-9-5-19(6-10-21)16-23-20-7-3-17(4-8-20)15-18-11-13-22-14-12-18/h3-14,16H,15H2,1-2H3. The maximum absolute atomic E-state index is 4.55. The fraction of sp³-hybridized carbons (Fsp3) is 0.143. The van der Waals surface area contributed by atoms with Gasteiger partial charge in [0.05, 0.1) is 5.69 Å². The van der Waals surface area contributed by atoms with Gasteiger partial charge in [0, 0.05) is 38.4 Å². The highest BCUT2D eigenvalue weighted by Crippen LogP contribution is 2.16. The van der Waals surface area contributed by atoms with Crippen LogP contribution in [-0.4, -0.2) is 25.3 Å². The number of aromatic nitrogens is 1. The molecule has 3 aromatic rings. The number of rotatable bonds is 5. The van der Waals surface area contributed by atoms with Crippen molar-refractivity contribution in [3.05, 3.63) is 89.7 Å². The van der Waals surface area contributed by atoms with Gasteiger partial charge in [0.2, 0.25) is 0 Å². The van der Waals surface area contributed by atoms with Crippen molar-refractivity contribution in [1.82, 2.24) is 4.98 Å². The van der Waals surface area contributed by atoms with E-state index in [2.05, 4.69) is 63.4 Å². The topological polar surface area (TPSA) is 28.5 Å². The quantitative estimate of drug-likeness (QED) is 0.649. The predicted molar refractivity (Wildman–Crippen MR) is 102 cm³/mol. The van der Waals surface area contributed by atoms with Crippen LogP contribution in [0, 0.1) is 0 Å². The van der Waals surface area contributed by atoms with E-state index in [0.29, 0.717) is 0 Å². The van der Waals surface area contributed by atoms with E-state index < -0.39 is 0 Å². The first-order valence-electron chi connectivity index (χ1n) is 8.00. The maximum atomic E-state index is 4.55. The predicted octanol–water partition coefficient (Wildman–Crippen LogP) is 4.49. The zero-order valence-corrected chi connectivity index (χ0v) is 14.1. The fourth-order valence-electron chi connectivity index (χ4n) is 2.44. The second kappa shape index (κ2) is 7.55. The summed E-state index contributed by atoms with van der Waals surface area (Å²) in [6.07, 6.45) is 6.47. The van der Waals surface area contributed by atoms with Gasteiger partial charge in [-0.15, -0.1) is 0 Å². The lowest BCUT2D eigenvalue weighted by Gasteiger charge is -2.11. The molecule has 120 valence electrons. The summed E-state index contributed by atoms with van der Waals surface area (Å²) < 4.78 is 0. The molecular weight excluding hydrogens is 294 g/mol. The molecule has 0 amide bonds. The van der Waals surface area contributed by atoms with Crippen LogP contribution in [0.15, 0.2) is 78.0 Å². The summed E-state index contributed by atoms with van der Waals surface area (Å²) in [6.45, 7) is 0. The Hall–Kier alpha value is -2.94. The van der Waals surface area contributed by atoms with Gasteiger partial charge in [0.15, 0.2) is 0 Å². The van der Waals surface area contributed by atoms with Crippen LogP contribution in [0.1, 0.15) is 16.7 Å². The van der Waals surface area contributed by atoms with Crippen LogP contribution in [0.2, 0.25) is 0 Å². The minimum atomic E-state index is 0.915. The summed E-state index contributed by atoms with van der Waals surface area (Å²) in [6, 6.07) is 20.8. The van der Waals surface area contributed by atoms with Gasteiger partial charge < -0.3 is 4.90 Å². The molecular formula is C21H21N3. The van der Waals surface area contributed by atoms with Crippen LogP contribution < -0.4 is 4.90 Å². The molecule has 2 aromatic carbocycles. The zero-order chi connectivity index (χ0) is 16.8. The Labute approximate surface area is 143 Å². The van der Waals surface area contributed by atoms with Crippen molar-refractivity contribution >= 4 is 17.6 Å². The van der Waals surface area contributed by atoms with E-state index in [1.54, 1.807) is 0 Å². The van der Waals surface area contributed by atoms with E-state index in [0.717, 1.165) is 17.7 Å². The molecule has 0 spiro atoms. The van der Waals surface area contributed by atoms with Gasteiger partial charge in [0.1, 0.15) is 0 Å². The van der Waals surface area contributed by atoms with Gasteiger partial charge in [-0.05, 0) is 59.5 Å². The summed E-state index contributed by atoms with van der Waals surface area (Å²) in [7, 11) is 4.08. The summed E-state index contributed by atoms with van der Waals surface area (Å²) in [5.74, 6) is 0. The second-order valence-electron chi connectivity index (χ2n) is 5.94. The molecule has 0 saturated carbocycles. The third kappa shape index (κ3) is 4.29. The van der Waals surface area contributed by atoms with Crippen LogP contribution >= 0.6 is 0 Å². The summed E-state index contributed by atoms with van der Waals surface area (Å²) in [5.41, 5.74) is 5.79. The molecule has 24 heavy (non-hydrogen) atoms. The minimum Gasteiger partial charge on any atom is -0.378 e. The molecule has 3 rings (SSSR count). The van der Waals surface area contributed by atoms with Crippen LogP contribution in [0.25, 0.3) is 0 Å². The summed E-state index contributed by atoms with van der Waals surface area (Å²) in [4.78, 5) is 10.7. The third-order valence-electron chi connectivity index (χ3n) is 3.87. The van der Waals surface area contributed by atoms with Crippen molar-refractivity contribution in [3.8, 4) is 0 Å². The highest BCUT2D eigenvalue weighted by Gasteiger charge is 1.97. The number of aliphatic imine (C=N–C) groups is 1. The lowest BCUT2D eigenvalue weighted by molar-refractivity contribution is 1.13. The van der Waals surface area contributed by atoms with Crippen molar-refractivity contribution in [2.45, 2.75) is 6.42 Å². The molecule has 0 fully saturated rings. The van der Waals surface area contributed by atoms with Crippen molar-refractivity contribution in [2.75, 3.05) is 19.0 Å². The first kappa shape index (κ1) is 15.9. The highest BCUT2D eigenvalue weighted by molar-refractivity contribution is 5.82. The Morgan fingerprint density at radius 1 is 0.833 bits per heavy atom. The Morgan fingerprint density at radius 3 is 2.08 bits per heavy atom. The number of nitrogens with zero attached hydrogens (tertiary/aromatic N) is 3. The SMILES string of the molecule is CN(C)c1ccc(C=Nc2ccc(Cc3ccncc3)cc2)cc1. The molecule has 0 unspecified atom stereocenters. The fourth-order valence-corrected chi connectivity index (χ4v) is 2.44. The molecule has 1 aromatic heterocycles. The summed E-state index contributed by atoms with van der Waals surface area (Å²) >= 11 is 0. The van der Waals surface area contributed by atoms with E-state index >= 15 is 0 Å². The first-order valence-corrected chi connectivity index (χ1v) is 8.00. The summed E-state index contributed by atoms with van der Waals surface area (Å²) in [5, 5.41) is 0. The number of benzene rings is 2. The number of hydrogen-bond donors (Lipinski definition) is 0. The normalized spacial score (nSPS) is 10.9. The van der Waals surface area contributed by atoms with E-state index in [1.807, 2.05) is 44.8 Å². The molecule has 1 heterocycles.